The summed E-state index contributed by atoms with van der Waals surface area (Å²) in [5.41, 5.74) is 3.28. The molecule has 11 heavy (non-hydrogen) atoms. The molecule has 0 radical (unpaired) electrons. The van der Waals surface area contributed by atoms with Gasteiger partial charge in [-0.1, -0.05) is 0 Å². The van der Waals surface area contributed by atoms with Crippen LogP contribution in [0.3, 0.4) is 0 Å². The third-order valence-corrected chi connectivity index (χ3v) is 2.90. The summed E-state index contributed by atoms with van der Waals surface area (Å²) in [6.07, 6.45) is 1.96. The lowest BCUT2D eigenvalue weighted by atomic mass is 10.2. The Labute approximate surface area is 69.4 Å². The lowest BCUT2D eigenvalue weighted by Gasteiger charge is -2.08. The van der Waals surface area contributed by atoms with Gasteiger partial charge >= 0.3 is 0 Å². The number of rotatable bonds is 1. The molecule has 0 saturated carbocycles. The SMILES string of the molecule is O=Cc1cc2c([nH]1)CCSC2. The lowest BCUT2D eigenvalue weighted by Crippen LogP contribution is -1.99. The van der Waals surface area contributed by atoms with Gasteiger partial charge in [-0.05, 0) is 23.8 Å². The van der Waals surface area contributed by atoms with Crippen LogP contribution < -0.4 is 0 Å². The highest BCUT2D eigenvalue weighted by Gasteiger charge is 2.11. The standard InChI is InChI=1S/C8H9NOS/c10-4-7-3-6-5-11-2-1-8(6)9-7/h3-4,9H,1-2,5H2. The summed E-state index contributed by atoms with van der Waals surface area (Å²) in [6, 6.07) is 1.95. The van der Waals surface area contributed by atoms with Gasteiger partial charge in [0.05, 0.1) is 5.69 Å². The second-order valence-electron chi connectivity index (χ2n) is 2.65. The van der Waals surface area contributed by atoms with E-state index in [0.717, 1.165) is 24.2 Å². The van der Waals surface area contributed by atoms with E-state index in [1.807, 2.05) is 17.8 Å². The van der Waals surface area contributed by atoms with Gasteiger partial charge in [0, 0.05) is 11.4 Å². The molecule has 58 valence electrons. The van der Waals surface area contributed by atoms with E-state index in [1.54, 1.807) is 0 Å². The van der Waals surface area contributed by atoms with Crippen molar-refractivity contribution < 1.29 is 4.79 Å². The van der Waals surface area contributed by atoms with Crippen molar-refractivity contribution in [2.45, 2.75) is 12.2 Å². The number of hydrogen-bond acceptors (Lipinski definition) is 2. The smallest absolute Gasteiger partial charge is 0.166 e. The van der Waals surface area contributed by atoms with Crippen molar-refractivity contribution in [1.29, 1.82) is 0 Å². The number of nitrogens with one attached hydrogen (secondary N) is 1. The van der Waals surface area contributed by atoms with Gasteiger partial charge in [0.25, 0.3) is 0 Å². The van der Waals surface area contributed by atoms with E-state index in [1.165, 1.54) is 17.0 Å². The molecule has 0 bridgehead atoms. The third kappa shape index (κ3) is 1.20. The maximum Gasteiger partial charge on any atom is 0.166 e. The fourth-order valence-corrected chi connectivity index (χ4v) is 2.31. The van der Waals surface area contributed by atoms with Crippen molar-refractivity contribution in [3.63, 3.8) is 0 Å². The molecule has 0 saturated heterocycles. The monoisotopic (exact) mass is 167 g/mol. The lowest BCUT2D eigenvalue weighted by molar-refractivity contribution is 0.111. The van der Waals surface area contributed by atoms with Crippen LogP contribution in [-0.2, 0) is 12.2 Å². The highest BCUT2D eigenvalue weighted by atomic mass is 32.2. The summed E-state index contributed by atoms with van der Waals surface area (Å²) in [4.78, 5) is 13.5. The number of aromatic nitrogens is 1. The first kappa shape index (κ1) is 6.98. The zero-order valence-electron chi connectivity index (χ0n) is 6.09. The molecule has 1 aliphatic rings. The Bertz CT molecular complexity index is 256. The Morgan fingerprint density at radius 1 is 1.64 bits per heavy atom. The predicted octanol–water partition coefficient (Wildman–Crippen LogP) is 1.62. The van der Waals surface area contributed by atoms with E-state index in [-0.39, 0.29) is 0 Å². The number of aromatic amines is 1. The summed E-state index contributed by atoms with van der Waals surface area (Å²) >= 11 is 1.93. The van der Waals surface area contributed by atoms with Gasteiger partial charge in [-0.15, -0.1) is 0 Å². The van der Waals surface area contributed by atoms with Crippen LogP contribution in [-0.4, -0.2) is 17.0 Å². The molecule has 0 atom stereocenters. The summed E-state index contributed by atoms with van der Waals surface area (Å²) in [5, 5.41) is 0. The first-order valence-electron chi connectivity index (χ1n) is 3.64. The van der Waals surface area contributed by atoms with Crippen LogP contribution in [0.1, 0.15) is 21.7 Å². The van der Waals surface area contributed by atoms with Crippen molar-refractivity contribution in [2.75, 3.05) is 5.75 Å². The van der Waals surface area contributed by atoms with Gasteiger partial charge in [-0.25, -0.2) is 0 Å². The van der Waals surface area contributed by atoms with Gasteiger partial charge in [0.2, 0.25) is 0 Å². The maximum atomic E-state index is 10.4. The topological polar surface area (TPSA) is 32.9 Å². The Morgan fingerprint density at radius 2 is 2.55 bits per heavy atom. The minimum absolute atomic E-state index is 0.720. The van der Waals surface area contributed by atoms with Gasteiger partial charge in [0.15, 0.2) is 6.29 Å². The minimum atomic E-state index is 0.720. The molecule has 1 N–H and O–H groups in total. The number of carbonyl (C=O) groups is 1. The molecule has 3 heteroatoms. The predicted molar refractivity (Wildman–Crippen MR) is 46.0 cm³/mol. The Morgan fingerprint density at radius 3 is 3.27 bits per heavy atom. The summed E-state index contributed by atoms with van der Waals surface area (Å²) in [6.45, 7) is 0. The molecule has 2 rings (SSSR count). The second-order valence-corrected chi connectivity index (χ2v) is 3.75. The van der Waals surface area contributed by atoms with Crippen molar-refractivity contribution >= 4 is 18.0 Å². The van der Waals surface area contributed by atoms with Crippen LogP contribution in [0.4, 0.5) is 0 Å². The minimum Gasteiger partial charge on any atom is -0.356 e. The molecule has 0 spiro atoms. The van der Waals surface area contributed by atoms with Crippen molar-refractivity contribution in [2.24, 2.45) is 0 Å². The molecule has 0 aliphatic carbocycles. The van der Waals surface area contributed by atoms with Crippen molar-refractivity contribution in [1.82, 2.24) is 4.98 Å². The van der Waals surface area contributed by atoms with Crippen LogP contribution in [0.5, 0.6) is 0 Å². The van der Waals surface area contributed by atoms with Gasteiger partial charge in [-0.3, -0.25) is 4.79 Å². The van der Waals surface area contributed by atoms with Crippen molar-refractivity contribution in [3.8, 4) is 0 Å². The molecule has 0 fully saturated rings. The molecule has 0 amide bonds. The molecule has 0 aromatic carbocycles. The first-order valence-corrected chi connectivity index (χ1v) is 4.79. The van der Waals surface area contributed by atoms with Crippen LogP contribution in [0.25, 0.3) is 0 Å². The van der Waals surface area contributed by atoms with Crippen LogP contribution in [0.2, 0.25) is 0 Å². The summed E-state index contributed by atoms with van der Waals surface area (Å²) in [7, 11) is 0. The van der Waals surface area contributed by atoms with Crippen LogP contribution in [0.15, 0.2) is 6.07 Å². The first-order chi connectivity index (χ1) is 5.40. The van der Waals surface area contributed by atoms with Crippen molar-refractivity contribution in [3.05, 3.63) is 23.0 Å². The number of aldehydes is 1. The number of carbonyl (C=O) groups excluding carboxylic acids is 1. The molecule has 2 nitrogen and oxygen atoms in total. The number of aryl methyl sites for hydroxylation is 1. The highest BCUT2D eigenvalue weighted by Crippen LogP contribution is 2.24. The molecular weight excluding hydrogens is 158 g/mol. The average Bonchev–Trinajstić information content (AvgIpc) is 2.46. The quantitative estimate of drug-likeness (QED) is 0.645. The molecule has 1 aromatic rings. The summed E-state index contributed by atoms with van der Waals surface area (Å²) < 4.78 is 0. The number of H-pyrrole nitrogens is 1. The number of fused-ring (bicyclic) bond motifs is 1. The normalized spacial score (nSPS) is 16.0. The van der Waals surface area contributed by atoms with E-state index < -0.39 is 0 Å². The molecular formula is C8H9NOS. The number of thioether (sulfide) groups is 1. The zero-order chi connectivity index (χ0) is 7.68. The third-order valence-electron chi connectivity index (χ3n) is 1.89. The Hall–Kier alpha value is -0.700. The molecule has 2 heterocycles. The molecule has 0 unspecified atom stereocenters. The van der Waals surface area contributed by atoms with E-state index >= 15 is 0 Å². The van der Waals surface area contributed by atoms with Crippen LogP contribution in [0, 0.1) is 0 Å². The number of hydrogen-bond donors (Lipinski definition) is 1. The fourth-order valence-electron chi connectivity index (χ4n) is 1.34. The Kier molecular flexibility index (Phi) is 1.74. The second kappa shape index (κ2) is 2.74. The largest absolute Gasteiger partial charge is 0.356 e. The van der Waals surface area contributed by atoms with E-state index in [0.29, 0.717) is 0 Å². The average molecular weight is 167 g/mol. The molecule has 1 aliphatic heterocycles. The van der Waals surface area contributed by atoms with E-state index in [4.69, 9.17) is 0 Å². The van der Waals surface area contributed by atoms with E-state index in [9.17, 15) is 4.79 Å². The maximum absolute atomic E-state index is 10.4. The van der Waals surface area contributed by atoms with Gasteiger partial charge in [-0.2, -0.15) is 11.8 Å². The molecule has 1 aromatic heterocycles. The van der Waals surface area contributed by atoms with E-state index in [2.05, 4.69) is 4.98 Å². The van der Waals surface area contributed by atoms with Gasteiger partial charge in [0.1, 0.15) is 0 Å². The van der Waals surface area contributed by atoms with Crippen LogP contribution >= 0.6 is 11.8 Å². The Balaban J connectivity index is 2.39. The highest BCUT2D eigenvalue weighted by molar-refractivity contribution is 7.98. The fraction of sp³-hybridized carbons (Fsp3) is 0.375. The zero-order valence-corrected chi connectivity index (χ0v) is 6.91. The summed E-state index contributed by atoms with van der Waals surface area (Å²) in [5.74, 6) is 2.23. The van der Waals surface area contributed by atoms with Gasteiger partial charge < -0.3 is 4.98 Å².